The number of alkyl halides is 1. The Kier molecular flexibility index (Phi) is 2.36. The summed E-state index contributed by atoms with van der Waals surface area (Å²) in [5.74, 6) is 0.602. The zero-order chi connectivity index (χ0) is 11.1. The zero-order valence-corrected chi connectivity index (χ0v) is 10.1. The van der Waals surface area contributed by atoms with E-state index < -0.39 is 0 Å². The molecular weight excluding hydrogens is 218 g/mol. The molecule has 1 aliphatic rings. The lowest BCUT2D eigenvalue weighted by molar-refractivity contribution is 0.899. The predicted molar refractivity (Wildman–Crippen MR) is 68.1 cm³/mol. The van der Waals surface area contributed by atoms with Crippen molar-refractivity contribution in [2.24, 2.45) is 0 Å². The Morgan fingerprint density at radius 2 is 2.19 bits per heavy atom. The third-order valence-electron chi connectivity index (χ3n) is 3.50. The van der Waals surface area contributed by atoms with Crippen LogP contribution in [-0.2, 0) is 18.7 Å². The highest BCUT2D eigenvalue weighted by Crippen LogP contribution is 2.31. The fourth-order valence-corrected chi connectivity index (χ4v) is 2.98. The van der Waals surface area contributed by atoms with E-state index >= 15 is 0 Å². The molecule has 0 unspecified atom stereocenters. The standard InChI is InChI=1S/C14H14ClN/c1-9-4-2-6-11-12(8-15)10-5-3-7-13(10)16-14(9)11/h2,4,6H,3,5,7-8H2,1H3. The quantitative estimate of drug-likeness (QED) is 0.681. The molecule has 0 N–H and O–H groups in total. The lowest BCUT2D eigenvalue weighted by atomic mass is 10.0. The number of benzene rings is 1. The minimum Gasteiger partial charge on any atom is -0.252 e. The Hall–Kier alpha value is -1.08. The van der Waals surface area contributed by atoms with Gasteiger partial charge in [-0.3, -0.25) is 4.98 Å². The van der Waals surface area contributed by atoms with Gasteiger partial charge in [0.15, 0.2) is 0 Å². The van der Waals surface area contributed by atoms with Gasteiger partial charge in [0.1, 0.15) is 0 Å². The maximum atomic E-state index is 6.11. The summed E-state index contributed by atoms with van der Waals surface area (Å²) in [6.45, 7) is 2.12. The number of hydrogen-bond donors (Lipinski definition) is 0. The van der Waals surface area contributed by atoms with Gasteiger partial charge in [0.25, 0.3) is 0 Å². The molecule has 0 amide bonds. The first-order chi connectivity index (χ1) is 7.81. The van der Waals surface area contributed by atoms with Crippen LogP contribution in [0.1, 0.15) is 28.8 Å². The molecule has 0 spiro atoms. The normalized spacial score (nSPS) is 14.4. The van der Waals surface area contributed by atoms with Crippen LogP contribution in [0.25, 0.3) is 10.9 Å². The number of para-hydroxylation sites is 1. The van der Waals surface area contributed by atoms with E-state index in [4.69, 9.17) is 16.6 Å². The number of pyridine rings is 1. The second-order valence-corrected chi connectivity index (χ2v) is 4.74. The van der Waals surface area contributed by atoms with Crippen molar-refractivity contribution in [1.82, 2.24) is 4.98 Å². The molecule has 3 rings (SSSR count). The van der Waals surface area contributed by atoms with E-state index in [1.807, 2.05) is 0 Å². The molecule has 82 valence electrons. The van der Waals surface area contributed by atoms with Crippen molar-refractivity contribution in [2.45, 2.75) is 32.1 Å². The third kappa shape index (κ3) is 1.35. The van der Waals surface area contributed by atoms with Crippen molar-refractivity contribution in [3.63, 3.8) is 0 Å². The van der Waals surface area contributed by atoms with Gasteiger partial charge in [-0.05, 0) is 42.9 Å². The molecule has 1 heterocycles. The first-order valence-corrected chi connectivity index (χ1v) is 6.30. The Labute approximate surface area is 100 Å². The maximum absolute atomic E-state index is 6.11. The van der Waals surface area contributed by atoms with Gasteiger partial charge in [-0.25, -0.2) is 0 Å². The minimum atomic E-state index is 0.602. The number of hydrogen-bond acceptors (Lipinski definition) is 1. The number of aromatic nitrogens is 1. The van der Waals surface area contributed by atoms with Gasteiger partial charge in [0, 0.05) is 17.0 Å². The van der Waals surface area contributed by atoms with E-state index in [0.717, 1.165) is 18.4 Å². The molecule has 0 radical (unpaired) electrons. The molecule has 0 saturated carbocycles. The number of aryl methyl sites for hydroxylation is 2. The molecule has 1 aromatic carbocycles. The van der Waals surface area contributed by atoms with Crippen molar-refractivity contribution in [1.29, 1.82) is 0 Å². The highest BCUT2D eigenvalue weighted by atomic mass is 35.5. The smallest absolute Gasteiger partial charge is 0.0737 e. The van der Waals surface area contributed by atoms with Crippen LogP contribution < -0.4 is 0 Å². The third-order valence-corrected chi connectivity index (χ3v) is 3.76. The second-order valence-electron chi connectivity index (χ2n) is 4.47. The molecule has 1 aliphatic carbocycles. The Bertz CT molecular complexity index is 560. The number of fused-ring (bicyclic) bond motifs is 2. The van der Waals surface area contributed by atoms with Gasteiger partial charge < -0.3 is 0 Å². The average Bonchev–Trinajstić information content (AvgIpc) is 2.75. The van der Waals surface area contributed by atoms with E-state index in [0.29, 0.717) is 5.88 Å². The van der Waals surface area contributed by atoms with E-state index in [-0.39, 0.29) is 0 Å². The molecule has 0 aliphatic heterocycles. The molecule has 0 fully saturated rings. The first-order valence-electron chi connectivity index (χ1n) is 5.77. The molecular formula is C14H14ClN. The summed E-state index contributed by atoms with van der Waals surface area (Å²) in [5.41, 5.74) is 6.38. The monoisotopic (exact) mass is 231 g/mol. The number of halogens is 1. The zero-order valence-electron chi connectivity index (χ0n) is 9.39. The van der Waals surface area contributed by atoms with E-state index in [2.05, 4.69) is 25.1 Å². The lowest BCUT2D eigenvalue weighted by Gasteiger charge is -2.11. The molecule has 1 nitrogen and oxygen atoms in total. The number of rotatable bonds is 1. The predicted octanol–water partition coefficient (Wildman–Crippen LogP) is 3.77. The summed E-state index contributed by atoms with van der Waals surface area (Å²) in [6, 6.07) is 6.36. The molecule has 2 aromatic rings. The largest absolute Gasteiger partial charge is 0.252 e. The van der Waals surface area contributed by atoms with Gasteiger partial charge in [-0.2, -0.15) is 0 Å². The van der Waals surface area contributed by atoms with Gasteiger partial charge in [0.05, 0.1) is 5.52 Å². The van der Waals surface area contributed by atoms with E-state index in [1.165, 1.54) is 34.2 Å². The van der Waals surface area contributed by atoms with Gasteiger partial charge in [0.2, 0.25) is 0 Å². The van der Waals surface area contributed by atoms with Gasteiger partial charge in [-0.15, -0.1) is 11.6 Å². The molecule has 16 heavy (non-hydrogen) atoms. The Balaban J connectivity index is 2.44. The fourth-order valence-electron chi connectivity index (χ4n) is 2.68. The van der Waals surface area contributed by atoms with Gasteiger partial charge >= 0.3 is 0 Å². The highest BCUT2D eigenvalue weighted by Gasteiger charge is 2.19. The van der Waals surface area contributed by atoms with Crippen LogP contribution in [0.2, 0.25) is 0 Å². The van der Waals surface area contributed by atoms with Crippen molar-refractivity contribution in [3.05, 3.63) is 40.6 Å². The minimum absolute atomic E-state index is 0.602. The summed E-state index contributed by atoms with van der Waals surface area (Å²) in [5, 5.41) is 1.25. The summed E-state index contributed by atoms with van der Waals surface area (Å²) >= 11 is 6.11. The van der Waals surface area contributed by atoms with Crippen LogP contribution in [0.3, 0.4) is 0 Å². The van der Waals surface area contributed by atoms with Gasteiger partial charge in [-0.1, -0.05) is 18.2 Å². The Morgan fingerprint density at radius 3 is 3.00 bits per heavy atom. The topological polar surface area (TPSA) is 12.9 Å². The van der Waals surface area contributed by atoms with Crippen LogP contribution >= 0.6 is 11.6 Å². The molecule has 0 atom stereocenters. The highest BCUT2D eigenvalue weighted by molar-refractivity contribution is 6.18. The van der Waals surface area contributed by atoms with E-state index in [9.17, 15) is 0 Å². The lowest BCUT2D eigenvalue weighted by Crippen LogP contribution is -1.98. The average molecular weight is 232 g/mol. The van der Waals surface area contributed by atoms with Crippen LogP contribution in [-0.4, -0.2) is 4.98 Å². The fraction of sp³-hybridized carbons (Fsp3) is 0.357. The summed E-state index contributed by atoms with van der Waals surface area (Å²) in [6.07, 6.45) is 3.49. The van der Waals surface area contributed by atoms with Crippen LogP contribution in [0.4, 0.5) is 0 Å². The van der Waals surface area contributed by atoms with Crippen LogP contribution in [0.5, 0.6) is 0 Å². The van der Waals surface area contributed by atoms with E-state index in [1.54, 1.807) is 0 Å². The summed E-state index contributed by atoms with van der Waals surface area (Å²) in [7, 11) is 0. The SMILES string of the molecule is Cc1cccc2c(CCl)c3c(nc12)CCC3. The molecule has 0 bridgehead atoms. The van der Waals surface area contributed by atoms with Crippen molar-refractivity contribution in [2.75, 3.05) is 0 Å². The second kappa shape index (κ2) is 3.74. The number of nitrogens with zero attached hydrogens (tertiary/aromatic N) is 1. The van der Waals surface area contributed by atoms with Crippen molar-refractivity contribution < 1.29 is 0 Å². The Morgan fingerprint density at radius 1 is 1.31 bits per heavy atom. The molecule has 2 heteroatoms. The van der Waals surface area contributed by atoms with Crippen molar-refractivity contribution >= 4 is 22.5 Å². The molecule has 0 saturated heterocycles. The van der Waals surface area contributed by atoms with Crippen LogP contribution in [0, 0.1) is 6.92 Å². The van der Waals surface area contributed by atoms with Crippen LogP contribution in [0.15, 0.2) is 18.2 Å². The molecule has 1 aromatic heterocycles. The summed E-state index contributed by atoms with van der Waals surface area (Å²) < 4.78 is 0. The summed E-state index contributed by atoms with van der Waals surface area (Å²) in [4.78, 5) is 4.81. The maximum Gasteiger partial charge on any atom is 0.0737 e. The van der Waals surface area contributed by atoms with Crippen molar-refractivity contribution in [3.8, 4) is 0 Å². The first kappa shape index (κ1) is 10.1.